The van der Waals surface area contributed by atoms with Crippen LogP contribution in [0.4, 0.5) is 0 Å². The van der Waals surface area contributed by atoms with E-state index in [9.17, 15) is 0 Å². The molecule has 1 aromatic rings. The number of aryl methyl sites for hydroxylation is 2. The Morgan fingerprint density at radius 1 is 1.56 bits per heavy atom. The molecule has 2 atom stereocenters. The second-order valence-electron chi connectivity index (χ2n) is 4.99. The first-order chi connectivity index (χ1) is 8.58. The molecule has 2 unspecified atom stereocenters. The van der Waals surface area contributed by atoms with Gasteiger partial charge in [0.1, 0.15) is 0 Å². The van der Waals surface area contributed by atoms with E-state index in [1.165, 1.54) is 10.6 Å². The van der Waals surface area contributed by atoms with E-state index in [4.69, 9.17) is 4.74 Å². The van der Waals surface area contributed by atoms with Crippen molar-refractivity contribution in [3.8, 4) is 0 Å². The molecule has 0 aliphatic carbocycles. The molecule has 4 nitrogen and oxygen atoms in total. The molecule has 1 saturated heterocycles. The van der Waals surface area contributed by atoms with Gasteiger partial charge in [-0.1, -0.05) is 0 Å². The third kappa shape index (κ3) is 3.29. The smallest absolute Gasteiger partial charge is 0.0900 e. The molecule has 18 heavy (non-hydrogen) atoms. The minimum absolute atomic E-state index is 0.297. The Labute approximate surface area is 113 Å². The van der Waals surface area contributed by atoms with E-state index in [0.29, 0.717) is 12.1 Å². The van der Waals surface area contributed by atoms with Gasteiger partial charge in [-0.3, -0.25) is 4.90 Å². The van der Waals surface area contributed by atoms with Gasteiger partial charge in [0.15, 0.2) is 0 Å². The van der Waals surface area contributed by atoms with Crippen LogP contribution in [0.5, 0.6) is 0 Å². The Hall–Kier alpha value is -0.490. The van der Waals surface area contributed by atoms with Gasteiger partial charge in [0.25, 0.3) is 0 Å². The largest absolute Gasteiger partial charge is 0.374 e. The number of aromatic nitrogens is 1. The molecule has 102 valence electrons. The summed E-state index contributed by atoms with van der Waals surface area (Å²) in [6.07, 6.45) is 0.297. The first kappa shape index (κ1) is 13.9. The third-order valence-corrected chi connectivity index (χ3v) is 4.39. The number of hydrogen-bond donors (Lipinski definition) is 1. The maximum atomic E-state index is 5.75. The Morgan fingerprint density at radius 2 is 2.33 bits per heavy atom. The predicted octanol–water partition coefficient (Wildman–Crippen LogP) is 1.74. The molecule has 1 fully saturated rings. The van der Waals surface area contributed by atoms with Gasteiger partial charge in [0, 0.05) is 24.5 Å². The Balaban J connectivity index is 1.95. The summed E-state index contributed by atoms with van der Waals surface area (Å²) < 4.78 is 5.75. The van der Waals surface area contributed by atoms with Crippen molar-refractivity contribution in [2.45, 2.75) is 32.9 Å². The quantitative estimate of drug-likeness (QED) is 0.903. The van der Waals surface area contributed by atoms with Crippen LogP contribution in [0.25, 0.3) is 0 Å². The molecule has 0 spiro atoms. The van der Waals surface area contributed by atoms with Crippen molar-refractivity contribution in [2.75, 3.05) is 33.3 Å². The van der Waals surface area contributed by atoms with Crippen LogP contribution in [-0.2, 0) is 4.74 Å². The summed E-state index contributed by atoms with van der Waals surface area (Å²) in [6, 6.07) is 0.348. The second-order valence-corrected chi connectivity index (χ2v) is 6.39. The molecule has 1 aliphatic heterocycles. The number of thiazole rings is 1. The van der Waals surface area contributed by atoms with Crippen LogP contribution in [0.1, 0.15) is 28.5 Å². The zero-order chi connectivity index (χ0) is 13.1. The highest BCUT2D eigenvalue weighted by molar-refractivity contribution is 7.11. The van der Waals surface area contributed by atoms with E-state index in [1.54, 1.807) is 11.3 Å². The highest BCUT2D eigenvalue weighted by Crippen LogP contribution is 2.26. The number of ether oxygens (including phenoxy) is 1. The third-order valence-electron chi connectivity index (χ3n) is 3.49. The second kappa shape index (κ2) is 6.10. The molecule has 0 radical (unpaired) electrons. The SMILES string of the molecule is Cc1nc(C(C)N(C)CC2CNCCO2)c(C)s1. The zero-order valence-corrected chi connectivity index (χ0v) is 12.5. The zero-order valence-electron chi connectivity index (χ0n) is 11.7. The van der Waals surface area contributed by atoms with Crippen molar-refractivity contribution in [2.24, 2.45) is 0 Å². The van der Waals surface area contributed by atoms with Crippen molar-refractivity contribution < 1.29 is 4.74 Å². The lowest BCUT2D eigenvalue weighted by molar-refractivity contribution is 0.00365. The summed E-state index contributed by atoms with van der Waals surface area (Å²) >= 11 is 1.78. The van der Waals surface area contributed by atoms with E-state index in [2.05, 4.69) is 43.0 Å². The van der Waals surface area contributed by atoms with Crippen LogP contribution < -0.4 is 5.32 Å². The Bertz CT molecular complexity index is 388. The fraction of sp³-hybridized carbons (Fsp3) is 0.769. The topological polar surface area (TPSA) is 37.4 Å². The van der Waals surface area contributed by atoms with Gasteiger partial charge < -0.3 is 10.1 Å². The standard InChI is InChI=1S/C13H23N3OS/c1-9(13-10(2)18-11(3)15-13)16(4)8-12-7-14-5-6-17-12/h9,12,14H,5-8H2,1-4H3. The van der Waals surface area contributed by atoms with E-state index < -0.39 is 0 Å². The molecule has 0 aromatic carbocycles. The molecule has 1 aromatic heterocycles. The molecule has 2 heterocycles. The monoisotopic (exact) mass is 269 g/mol. The van der Waals surface area contributed by atoms with E-state index in [-0.39, 0.29) is 0 Å². The van der Waals surface area contributed by atoms with Crippen molar-refractivity contribution in [3.05, 3.63) is 15.6 Å². The van der Waals surface area contributed by atoms with Crippen LogP contribution in [0, 0.1) is 13.8 Å². The van der Waals surface area contributed by atoms with Gasteiger partial charge in [-0.15, -0.1) is 11.3 Å². The molecule has 1 aliphatic rings. The minimum Gasteiger partial charge on any atom is -0.374 e. The fourth-order valence-corrected chi connectivity index (χ4v) is 3.27. The summed E-state index contributed by atoms with van der Waals surface area (Å²) in [6.45, 7) is 10.1. The van der Waals surface area contributed by atoms with Gasteiger partial charge in [-0.25, -0.2) is 4.98 Å². The van der Waals surface area contributed by atoms with Crippen molar-refractivity contribution in [3.63, 3.8) is 0 Å². The number of morpholine rings is 1. The first-order valence-electron chi connectivity index (χ1n) is 6.54. The van der Waals surface area contributed by atoms with Gasteiger partial charge >= 0.3 is 0 Å². The number of nitrogens with zero attached hydrogens (tertiary/aromatic N) is 2. The summed E-state index contributed by atoms with van der Waals surface area (Å²) in [7, 11) is 2.15. The molecule has 5 heteroatoms. The van der Waals surface area contributed by atoms with Crippen LogP contribution in [0.15, 0.2) is 0 Å². The molecular formula is C13H23N3OS. The van der Waals surface area contributed by atoms with Crippen LogP contribution in [0.3, 0.4) is 0 Å². The molecule has 0 saturated carbocycles. The van der Waals surface area contributed by atoms with Crippen LogP contribution >= 0.6 is 11.3 Å². The number of rotatable bonds is 4. The van der Waals surface area contributed by atoms with E-state index >= 15 is 0 Å². The lowest BCUT2D eigenvalue weighted by Crippen LogP contribution is -2.44. The van der Waals surface area contributed by atoms with Crippen LogP contribution in [-0.4, -0.2) is 49.3 Å². The van der Waals surface area contributed by atoms with Gasteiger partial charge in [-0.05, 0) is 27.8 Å². The molecule has 0 amide bonds. The lowest BCUT2D eigenvalue weighted by Gasteiger charge is -2.31. The van der Waals surface area contributed by atoms with Crippen molar-refractivity contribution in [1.82, 2.24) is 15.2 Å². The highest BCUT2D eigenvalue weighted by Gasteiger charge is 2.22. The summed E-state index contributed by atoms with van der Waals surface area (Å²) in [5.74, 6) is 0. The number of nitrogens with one attached hydrogen (secondary N) is 1. The molecule has 0 bridgehead atoms. The fourth-order valence-electron chi connectivity index (χ4n) is 2.36. The van der Waals surface area contributed by atoms with Gasteiger partial charge in [0.2, 0.25) is 0 Å². The summed E-state index contributed by atoms with van der Waals surface area (Å²) in [4.78, 5) is 8.31. The summed E-state index contributed by atoms with van der Waals surface area (Å²) in [5.41, 5.74) is 1.21. The number of hydrogen-bond acceptors (Lipinski definition) is 5. The minimum atomic E-state index is 0.297. The molecule has 2 rings (SSSR count). The predicted molar refractivity (Wildman–Crippen MR) is 75.2 cm³/mol. The maximum Gasteiger partial charge on any atom is 0.0900 e. The van der Waals surface area contributed by atoms with E-state index in [1.807, 2.05) is 0 Å². The van der Waals surface area contributed by atoms with Crippen molar-refractivity contribution >= 4 is 11.3 Å². The normalized spacial score (nSPS) is 22.4. The molecular weight excluding hydrogens is 246 g/mol. The van der Waals surface area contributed by atoms with Gasteiger partial charge in [0.05, 0.1) is 29.5 Å². The Morgan fingerprint density at radius 3 is 2.89 bits per heavy atom. The highest BCUT2D eigenvalue weighted by atomic mass is 32.1. The number of likely N-dealkylation sites (N-methyl/N-ethyl adjacent to an activating group) is 1. The van der Waals surface area contributed by atoms with Crippen molar-refractivity contribution in [1.29, 1.82) is 0 Å². The lowest BCUT2D eigenvalue weighted by atomic mass is 10.1. The van der Waals surface area contributed by atoms with Crippen LogP contribution in [0.2, 0.25) is 0 Å². The van der Waals surface area contributed by atoms with E-state index in [0.717, 1.165) is 31.2 Å². The maximum absolute atomic E-state index is 5.75. The summed E-state index contributed by atoms with van der Waals surface area (Å²) in [5, 5.41) is 4.52. The molecule has 1 N–H and O–H groups in total. The average Bonchev–Trinajstić information content (AvgIpc) is 2.68. The average molecular weight is 269 g/mol. The van der Waals surface area contributed by atoms with Gasteiger partial charge in [-0.2, -0.15) is 0 Å². The first-order valence-corrected chi connectivity index (χ1v) is 7.36. The Kier molecular flexibility index (Phi) is 4.72.